The molecule has 2 aromatic rings. The van der Waals surface area contributed by atoms with Crippen molar-refractivity contribution in [3.8, 4) is 0 Å². The predicted octanol–water partition coefficient (Wildman–Crippen LogP) is 5.61. The highest BCUT2D eigenvalue weighted by Gasteiger charge is 2.31. The smallest absolute Gasteiger partial charge is 0.123 e. The van der Waals surface area contributed by atoms with E-state index >= 15 is 0 Å². The van der Waals surface area contributed by atoms with Gasteiger partial charge in [-0.3, -0.25) is 0 Å². The van der Waals surface area contributed by atoms with Crippen LogP contribution < -0.4 is 0 Å². The van der Waals surface area contributed by atoms with E-state index in [1.807, 2.05) is 6.07 Å². The molecular weight excluding hydrogens is 370 g/mol. The van der Waals surface area contributed by atoms with Gasteiger partial charge in [0.15, 0.2) is 0 Å². The minimum atomic E-state index is -0.360. The molecule has 0 spiro atoms. The summed E-state index contributed by atoms with van der Waals surface area (Å²) in [5.74, 6) is 0.552. The van der Waals surface area contributed by atoms with Crippen LogP contribution in [0.5, 0.6) is 0 Å². The molecule has 1 aromatic carbocycles. The number of benzene rings is 1. The van der Waals surface area contributed by atoms with Gasteiger partial charge in [0.25, 0.3) is 0 Å². The summed E-state index contributed by atoms with van der Waals surface area (Å²) in [6.07, 6.45) is 0.752. The molecule has 0 aliphatic rings. The Kier molecular flexibility index (Phi) is 5.29. The molecular formula is C14H12BrCl2FS. The second-order valence-corrected chi connectivity index (χ2v) is 7.52. The van der Waals surface area contributed by atoms with Gasteiger partial charge in [0.2, 0.25) is 0 Å². The second-order valence-electron chi connectivity index (χ2n) is 4.44. The Labute approximate surface area is 134 Å². The van der Waals surface area contributed by atoms with E-state index in [2.05, 4.69) is 22.0 Å². The molecule has 0 saturated heterocycles. The quantitative estimate of drug-likeness (QED) is 0.590. The Morgan fingerprint density at radius 1 is 1.05 bits per heavy atom. The molecule has 0 bridgehead atoms. The number of thiophene rings is 1. The van der Waals surface area contributed by atoms with Crippen LogP contribution in [0.4, 0.5) is 4.39 Å². The van der Waals surface area contributed by atoms with Crippen LogP contribution in [0.2, 0.25) is 0 Å². The average molecular weight is 382 g/mol. The van der Waals surface area contributed by atoms with Crippen LogP contribution in [0, 0.1) is 5.82 Å². The molecule has 0 saturated carbocycles. The largest absolute Gasteiger partial charge is 0.207 e. The van der Waals surface area contributed by atoms with Gasteiger partial charge < -0.3 is 0 Å². The van der Waals surface area contributed by atoms with Crippen LogP contribution in [-0.4, -0.2) is 11.8 Å². The third-order valence-electron chi connectivity index (χ3n) is 3.11. The lowest BCUT2D eigenvalue weighted by Crippen LogP contribution is -2.33. The molecule has 1 heterocycles. The molecule has 0 fully saturated rings. The van der Waals surface area contributed by atoms with Crippen molar-refractivity contribution in [1.82, 2.24) is 0 Å². The minimum Gasteiger partial charge on any atom is -0.207 e. The highest BCUT2D eigenvalue weighted by molar-refractivity contribution is 9.11. The number of halogens is 4. The summed E-state index contributed by atoms with van der Waals surface area (Å²) in [6, 6.07) is 10.5. The molecule has 2 rings (SSSR count). The standard InChI is InChI=1S/C14H12BrCl2FS/c15-13-6-5-12(19-13)7-14(8-16,9-17)10-1-3-11(18)4-2-10/h1-6H,7-9H2. The molecule has 0 amide bonds. The first-order valence-electron chi connectivity index (χ1n) is 5.72. The maximum Gasteiger partial charge on any atom is 0.123 e. The summed E-state index contributed by atoms with van der Waals surface area (Å²) in [4.78, 5) is 1.21. The lowest BCUT2D eigenvalue weighted by molar-refractivity contribution is 0.538. The average Bonchev–Trinajstić information content (AvgIpc) is 2.82. The third kappa shape index (κ3) is 3.52. The summed E-state index contributed by atoms with van der Waals surface area (Å²) in [6.45, 7) is 0. The Hall–Kier alpha value is -0.0900. The lowest BCUT2D eigenvalue weighted by atomic mass is 9.80. The van der Waals surface area contributed by atoms with Gasteiger partial charge in [-0.1, -0.05) is 12.1 Å². The summed E-state index contributed by atoms with van der Waals surface area (Å²) >= 11 is 17.5. The van der Waals surface area contributed by atoms with Crippen molar-refractivity contribution >= 4 is 50.5 Å². The Balaban J connectivity index is 2.33. The van der Waals surface area contributed by atoms with E-state index in [0.29, 0.717) is 11.8 Å². The molecule has 5 heteroatoms. The van der Waals surface area contributed by atoms with Crippen LogP contribution in [0.15, 0.2) is 40.2 Å². The number of alkyl halides is 2. The molecule has 0 unspecified atom stereocenters. The van der Waals surface area contributed by atoms with Crippen LogP contribution >= 0.6 is 50.5 Å². The first-order valence-corrected chi connectivity index (χ1v) is 8.40. The summed E-state index contributed by atoms with van der Waals surface area (Å²) < 4.78 is 14.1. The SMILES string of the molecule is Fc1ccc(C(CCl)(CCl)Cc2ccc(Br)s2)cc1. The molecule has 102 valence electrons. The van der Waals surface area contributed by atoms with Gasteiger partial charge in [-0.15, -0.1) is 34.5 Å². The summed E-state index contributed by atoms with van der Waals surface area (Å²) in [5, 5.41) is 0. The van der Waals surface area contributed by atoms with Crippen molar-refractivity contribution in [2.24, 2.45) is 0 Å². The van der Waals surface area contributed by atoms with E-state index in [4.69, 9.17) is 23.2 Å². The van der Waals surface area contributed by atoms with E-state index < -0.39 is 0 Å². The normalized spacial score (nSPS) is 11.8. The van der Waals surface area contributed by atoms with E-state index in [-0.39, 0.29) is 11.2 Å². The van der Waals surface area contributed by atoms with Crippen LogP contribution in [0.25, 0.3) is 0 Å². The molecule has 0 atom stereocenters. The fourth-order valence-corrected chi connectivity index (χ4v) is 4.38. The van der Waals surface area contributed by atoms with Gasteiger partial charge in [-0.05, 0) is 52.2 Å². The van der Waals surface area contributed by atoms with Gasteiger partial charge in [-0.2, -0.15) is 0 Å². The Morgan fingerprint density at radius 2 is 1.68 bits per heavy atom. The molecule has 0 aliphatic heterocycles. The van der Waals surface area contributed by atoms with E-state index in [1.165, 1.54) is 17.0 Å². The highest BCUT2D eigenvalue weighted by atomic mass is 79.9. The molecule has 19 heavy (non-hydrogen) atoms. The Morgan fingerprint density at radius 3 is 2.16 bits per heavy atom. The summed E-state index contributed by atoms with van der Waals surface area (Å²) in [5.41, 5.74) is 0.615. The van der Waals surface area contributed by atoms with Crippen LogP contribution in [0.1, 0.15) is 10.4 Å². The topological polar surface area (TPSA) is 0 Å². The number of hydrogen-bond donors (Lipinski definition) is 0. The van der Waals surface area contributed by atoms with E-state index in [0.717, 1.165) is 15.8 Å². The monoisotopic (exact) mass is 380 g/mol. The van der Waals surface area contributed by atoms with Crippen molar-refractivity contribution in [1.29, 1.82) is 0 Å². The minimum absolute atomic E-state index is 0.249. The number of rotatable bonds is 5. The van der Waals surface area contributed by atoms with Crippen LogP contribution in [-0.2, 0) is 11.8 Å². The van der Waals surface area contributed by atoms with Gasteiger partial charge in [0, 0.05) is 22.1 Å². The Bertz CT molecular complexity index is 535. The zero-order valence-corrected chi connectivity index (χ0v) is 13.9. The lowest BCUT2D eigenvalue weighted by Gasteiger charge is -2.29. The predicted molar refractivity (Wildman–Crippen MR) is 85.2 cm³/mol. The zero-order chi connectivity index (χ0) is 13.9. The maximum absolute atomic E-state index is 13.0. The van der Waals surface area contributed by atoms with Gasteiger partial charge in [0.1, 0.15) is 5.82 Å². The first kappa shape index (κ1) is 15.3. The van der Waals surface area contributed by atoms with Crippen molar-refractivity contribution in [3.05, 3.63) is 56.4 Å². The molecule has 0 nitrogen and oxygen atoms in total. The highest BCUT2D eigenvalue weighted by Crippen LogP contribution is 2.35. The molecule has 0 radical (unpaired) electrons. The molecule has 1 aromatic heterocycles. The fraction of sp³-hybridized carbons (Fsp3) is 0.286. The van der Waals surface area contributed by atoms with E-state index in [1.54, 1.807) is 23.5 Å². The summed E-state index contributed by atoms with van der Waals surface area (Å²) in [7, 11) is 0. The van der Waals surface area contributed by atoms with Gasteiger partial charge in [0.05, 0.1) is 3.79 Å². The van der Waals surface area contributed by atoms with Crippen LogP contribution in [0.3, 0.4) is 0 Å². The zero-order valence-electron chi connectivity index (χ0n) is 10.0. The van der Waals surface area contributed by atoms with Crippen molar-refractivity contribution < 1.29 is 4.39 Å². The molecule has 0 N–H and O–H groups in total. The second kappa shape index (κ2) is 6.57. The fourth-order valence-electron chi connectivity index (χ4n) is 1.97. The van der Waals surface area contributed by atoms with Crippen molar-refractivity contribution in [2.45, 2.75) is 11.8 Å². The van der Waals surface area contributed by atoms with E-state index in [9.17, 15) is 4.39 Å². The van der Waals surface area contributed by atoms with Crippen molar-refractivity contribution in [3.63, 3.8) is 0 Å². The van der Waals surface area contributed by atoms with Gasteiger partial charge in [-0.25, -0.2) is 4.39 Å². The third-order valence-corrected chi connectivity index (χ3v) is 5.76. The number of hydrogen-bond acceptors (Lipinski definition) is 1. The van der Waals surface area contributed by atoms with Gasteiger partial charge >= 0.3 is 0 Å². The maximum atomic E-state index is 13.0. The molecule has 0 aliphatic carbocycles. The van der Waals surface area contributed by atoms with Crippen molar-refractivity contribution in [2.75, 3.05) is 11.8 Å². The first-order chi connectivity index (χ1) is 9.09.